The van der Waals surface area contributed by atoms with E-state index in [0.29, 0.717) is 18.3 Å². The third-order valence-corrected chi connectivity index (χ3v) is 5.15. The number of hydrogen-bond acceptors (Lipinski definition) is 2. The van der Waals surface area contributed by atoms with Gasteiger partial charge in [-0.15, -0.1) is 0 Å². The van der Waals surface area contributed by atoms with Crippen LogP contribution in [-0.2, 0) is 0 Å². The number of rotatable bonds is 4. The summed E-state index contributed by atoms with van der Waals surface area (Å²) in [6.07, 6.45) is -0.976. The van der Waals surface area contributed by atoms with Crippen LogP contribution in [0.5, 0.6) is 0 Å². The zero-order chi connectivity index (χ0) is 15.8. The third-order valence-electron chi connectivity index (χ3n) is 5.15. The maximum atomic E-state index is 13.0. The van der Waals surface area contributed by atoms with Crippen molar-refractivity contribution in [1.29, 1.82) is 0 Å². The fraction of sp³-hybridized carbons (Fsp3) is 0.857. The predicted molar refractivity (Wildman–Crippen MR) is 72.0 cm³/mol. The molecule has 118 valence electrons. The van der Waals surface area contributed by atoms with Crippen LogP contribution in [0, 0.1) is 23.7 Å². The lowest BCUT2D eigenvalue weighted by Crippen LogP contribution is -2.45. The van der Waals surface area contributed by atoms with E-state index in [0.717, 1.165) is 12.8 Å². The minimum Gasteiger partial charge on any atom is -0.376 e. The van der Waals surface area contributed by atoms with Gasteiger partial charge < -0.3 is 5.11 Å². The largest absolute Gasteiger partial charge is 0.423 e. The first-order chi connectivity index (χ1) is 9.77. The first kappa shape index (κ1) is 16.2. The van der Waals surface area contributed by atoms with Gasteiger partial charge in [0.25, 0.3) is 0 Å². The molecule has 2 bridgehead atoms. The molecular formula is C14H20F3N3O. The van der Waals surface area contributed by atoms with Crippen molar-refractivity contribution in [2.24, 2.45) is 28.8 Å². The summed E-state index contributed by atoms with van der Waals surface area (Å²) in [7, 11) is 0. The Hall–Kier alpha value is -1.20. The van der Waals surface area contributed by atoms with Crippen LogP contribution in [0.3, 0.4) is 0 Å². The first-order valence-electron chi connectivity index (χ1n) is 7.28. The molecule has 2 fully saturated rings. The van der Waals surface area contributed by atoms with Gasteiger partial charge in [0.2, 0.25) is 5.72 Å². The molecule has 0 radical (unpaired) electrons. The van der Waals surface area contributed by atoms with E-state index in [1.54, 1.807) is 0 Å². The van der Waals surface area contributed by atoms with Gasteiger partial charge in [-0.2, -0.15) is 13.2 Å². The van der Waals surface area contributed by atoms with Crippen LogP contribution in [0.2, 0.25) is 0 Å². The molecule has 0 heterocycles. The lowest BCUT2D eigenvalue weighted by Gasteiger charge is -2.35. The first-order valence-corrected chi connectivity index (χ1v) is 7.28. The Labute approximate surface area is 121 Å². The maximum absolute atomic E-state index is 13.0. The van der Waals surface area contributed by atoms with Gasteiger partial charge in [-0.3, -0.25) is 0 Å². The highest BCUT2D eigenvalue weighted by molar-refractivity contribution is 5.22. The molecule has 2 saturated carbocycles. The Morgan fingerprint density at radius 3 is 2.57 bits per heavy atom. The number of azide groups is 1. The van der Waals surface area contributed by atoms with E-state index < -0.39 is 18.3 Å². The van der Waals surface area contributed by atoms with Crippen LogP contribution in [0.1, 0.15) is 39.5 Å². The number of allylic oxidation sites excluding steroid dienone is 2. The summed E-state index contributed by atoms with van der Waals surface area (Å²) in [6, 6.07) is 0. The highest BCUT2D eigenvalue weighted by Gasteiger charge is 2.58. The summed E-state index contributed by atoms with van der Waals surface area (Å²) >= 11 is 0. The standard InChI is InChI=1S/C14H20F3N3O/c1-3-10-8-5-9(12(6-8)11(10)4-2)7-13(21,19-20-18)14(15,16)17/h3,8-9,11-12,21H,4-7H2,1-2H3/b10-3-. The van der Waals surface area contributed by atoms with Crippen LogP contribution in [0.15, 0.2) is 16.8 Å². The van der Waals surface area contributed by atoms with E-state index in [1.807, 2.05) is 13.8 Å². The third kappa shape index (κ3) is 2.64. The Morgan fingerprint density at radius 2 is 2.10 bits per heavy atom. The van der Waals surface area contributed by atoms with Crippen molar-refractivity contribution in [2.45, 2.75) is 51.4 Å². The maximum Gasteiger partial charge on any atom is 0.423 e. The van der Waals surface area contributed by atoms with E-state index in [4.69, 9.17) is 5.53 Å². The quantitative estimate of drug-likeness (QED) is 0.351. The highest BCUT2D eigenvalue weighted by atomic mass is 19.4. The monoisotopic (exact) mass is 303 g/mol. The van der Waals surface area contributed by atoms with E-state index in [-0.39, 0.29) is 11.8 Å². The average molecular weight is 303 g/mol. The molecule has 1 N–H and O–H groups in total. The van der Waals surface area contributed by atoms with Gasteiger partial charge in [0, 0.05) is 4.91 Å². The fourth-order valence-corrected chi connectivity index (χ4v) is 4.35. The topological polar surface area (TPSA) is 69.0 Å². The van der Waals surface area contributed by atoms with Gasteiger partial charge >= 0.3 is 6.18 Å². The summed E-state index contributed by atoms with van der Waals surface area (Å²) < 4.78 is 38.9. The summed E-state index contributed by atoms with van der Waals surface area (Å²) in [4.78, 5) is 2.19. The Kier molecular flexibility index (Phi) is 4.26. The average Bonchev–Trinajstić information content (AvgIpc) is 2.93. The number of halogens is 3. The summed E-state index contributed by atoms with van der Waals surface area (Å²) in [5.41, 5.74) is 6.40. The Balaban J connectivity index is 2.20. The van der Waals surface area contributed by atoms with E-state index in [1.165, 1.54) is 5.57 Å². The van der Waals surface area contributed by atoms with Gasteiger partial charge in [0.1, 0.15) is 0 Å². The Bertz CT molecular complexity index is 484. The van der Waals surface area contributed by atoms with Gasteiger partial charge in [-0.25, -0.2) is 0 Å². The molecule has 4 nitrogen and oxygen atoms in total. The van der Waals surface area contributed by atoms with Crippen molar-refractivity contribution >= 4 is 0 Å². The smallest absolute Gasteiger partial charge is 0.376 e. The zero-order valence-electron chi connectivity index (χ0n) is 12.1. The van der Waals surface area contributed by atoms with Crippen molar-refractivity contribution in [3.63, 3.8) is 0 Å². The second-order valence-electron chi connectivity index (χ2n) is 6.10. The molecule has 7 heteroatoms. The lowest BCUT2D eigenvalue weighted by atomic mass is 9.73. The minimum absolute atomic E-state index is 0.147. The number of nitrogens with zero attached hydrogens (tertiary/aromatic N) is 3. The van der Waals surface area contributed by atoms with Crippen LogP contribution in [-0.4, -0.2) is 17.0 Å². The molecule has 21 heavy (non-hydrogen) atoms. The second-order valence-corrected chi connectivity index (χ2v) is 6.10. The van der Waals surface area contributed by atoms with Crippen molar-refractivity contribution < 1.29 is 18.3 Å². The van der Waals surface area contributed by atoms with E-state index in [2.05, 4.69) is 16.1 Å². The zero-order valence-corrected chi connectivity index (χ0v) is 12.1. The molecule has 2 rings (SSSR count). The summed E-state index contributed by atoms with van der Waals surface area (Å²) in [5, 5.41) is 12.4. The molecule has 5 atom stereocenters. The van der Waals surface area contributed by atoms with Crippen LogP contribution < -0.4 is 0 Å². The fourth-order valence-electron chi connectivity index (χ4n) is 4.35. The highest BCUT2D eigenvalue weighted by Crippen LogP contribution is 2.58. The van der Waals surface area contributed by atoms with Crippen LogP contribution >= 0.6 is 0 Å². The Morgan fingerprint density at radius 1 is 1.43 bits per heavy atom. The SMILES string of the molecule is C/C=C1/C2CC(CC(O)(N=[N+]=[N-])C(F)(F)F)C(C2)C1CC. The molecule has 5 unspecified atom stereocenters. The van der Waals surface area contributed by atoms with Gasteiger partial charge in [-0.1, -0.05) is 18.6 Å². The van der Waals surface area contributed by atoms with Crippen LogP contribution in [0.25, 0.3) is 10.4 Å². The van der Waals surface area contributed by atoms with Crippen LogP contribution in [0.4, 0.5) is 13.2 Å². The molecule has 0 aliphatic heterocycles. The molecule has 0 spiro atoms. The summed E-state index contributed by atoms with van der Waals surface area (Å²) in [6.45, 7) is 4.01. The number of alkyl halides is 3. The van der Waals surface area contributed by atoms with Gasteiger partial charge in [-0.05, 0) is 66.9 Å². The molecule has 2 aliphatic carbocycles. The number of aliphatic hydroxyl groups is 1. The summed E-state index contributed by atoms with van der Waals surface area (Å²) in [5.74, 6) is 0.510. The molecular weight excluding hydrogens is 283 g/mol. The molecule has 0 aromatic rings. The second kappa shape index (κ2) is 5.54. The van der Waals surface area contributed by atoms with Crippen molar-refractivity contribution in [1.82, 2.24) is 0 Å². The van der Waals surface area contributed by atoms with Gasteiger partial charge in [0.15, 0.2) is 0 Å². The molecule has 0 amide bonds. The molecule has 2 aliphatic rings. The van der Waals surface area contributed by atoms with Crippen molar-refractivity contribution in [3.05, 3.63) is 22.1 Å². The molecule has 0 aromatic carbocycles. The van der Waals surface area contributed by atoms with Gasteiger partial charge in [0.05, 0.1) is 0 Å². The minimum atomic E-state index is -4.94. The predicted octanol–water partition coefficient (Wildman–Crippen LogP) is 4.57. The van der Waals surface area contributed by atoms with E-state index in [9.17, 15) is 18.3 Å². The molecule has 0 saturated heterocycles. The molecule has 0 aromatic heterocycles. The van der Waals surface area contributed by atoms with Crippen molar-refractivity contribution in [3.8, 4) is 0 Å². The van der Waals surface area contributed by atoms with Crippen molar-refractivity contribution in [2.75, 3.05) is 0 Å². The lowest BCUT2D eigenvalue weighted by molar-refractivity contribution is -0.264. The number of hydrogen-bond donors (Lipinski definition) is 1. The van der Waals surface area contributed by atoms with E-state index >= 15 is 0 Å². The normalized spacial score (nSPS) is 36.6. The number of fused-ring (bicyclic) bond motifs is 2.